The van der Waals surface area contributed by atoms with Gasteiger partial charge in [-0.2, -0.15) is 13.2 Å². The highest BCUT2D eigenvalue weighted by atomic mass is 79.9. The van der Waals surface area contributed by atoms with Crippen molar-refractivity contribution in [1.82, 2.24) is 0 Å². The normalized spacial score (nSPS) is 15.3. The van der Waals surface area contributed by atoms with Gasteiger partial charge in [-0.3, -0.25) is 0 Å². The molecular weight excluding hydrogens is 213 g/mol. The average Bonchev–Trinajstić information content (AvgIpc) is 1.80. The third-order valence-corrected chi connectivity index (χ3v) is 1.95. The molecule has 0 amide bonds. The van der Waals surface area contributed by atoms with E-state index < -0.39 is 11.0 Å². The van der Waals surface area contributed by atoms with Gasteiger partial charge >= 0.3 is 6.18 Å². The number of hydrogen-bond donors (Lipinski definition) is 1. The van der Waals surface area contributed by atoms with Crippen LogP contribution in [0.1, 0.15) is 12.8 Å². The van der Waals surface area contributed by atoms with Crippen LogP contribution >= 0.6 is 15.9 Å². The highest BCUT2D eigenvalue weighted by Gasteiger charge is 2.36. The molecule has 0 heterocycles. The third kappa shape index (κ3) is 4.11. The molecule has 0 saturated heterocycles. The van der Waals surface area contributed by atoms with E-state index in [0.29, 0.717) is 0 Å². The van der Waals surface area contributed by atoms with Crippen molar-refractivity contribution in [1.29, 1.82) is 0 Å². The molecule has 0 aliphatic rings. The standard InChI is InChI=1S/C5H8BrF3O/c6-4(2-1-3-10)5(7,8)9/h4,10H,1-3H2. The zero-order valence-electron chi connectivity index (χ0n) is 5.16. The Balaban J connectivity index is 3.52. The minimum absolute atomic E-state index is 0.0694. The minimum atomic E-state index is -4.19. The van der Waals surface area contributed by atoms with Crippen LogP contribution in [0.15, 0.2) is 0 Å². The van der Waals surface area contributed by atoms with Crippen molar-refractivity contribution in [2.24, 2.45) is 0 Å². The Kier molecular flexibility index (Phi) is 4.28. The van der Waals surface area contributed by atoms with E-state index in [-0.39, 0.29) is 19.4 Å². The predicted molar refractivity (Wildman–Crippen MR) is 35.1 cm³/mol. The first-order valence-corrected chi connectivity index (χ1v) is 3.71. The van der Waals surface area contributed by atoms with Crippen molar-refractivity contribution in [3.05, 3.63) is 0 Å². The Hall–Kier alpha value is 0.230. The Morgan fingerprint density at radius 2 is 1.90 bits per heavy atom. The first-order chi connectivity index (χ1) is 4.48. The number of rotatable bonds is 3. The smallest absolute Gasteiger partial charge is 0.396 e. The monoisotopic (exact) mass is 220 g/mol. The molecule has 0 rings (SSSR count). The molecule has 1 nitrogen and oxygen atoms in total. The van der Waals surface area contributed by atoms with E-state index in [4.69, 9.17) is 5.11 Å². The molecule has 0 aliphatic carbocycles. The van der Waals surface area contributed by atoms with E-state index in [1.165, 1.54) is 0 Å². The van der Waals surface area contributed by atoms with Crippen molar-refractivity contribution < 1.29 is 18.3 Å². The van der Waals surface area contributed by atoms with Gasteiger partial charge in [-0.15, -0.1) is 0 Å². The first kappa shape index (κ1) is 10.2. The Morgan fingerprint density at radius 1 is 1.40 bits per heavy atom. The molecular formula is C5H8BrF3O. The van der Waals surface area contributed by atoms with Crippen molar-refractivity contribution >= 4 is 15.9 Å². The van der Waals surface area contributed by atoms with Crippen LogP contribution in [0.3, 0.4) is 0 Å². The molecule has 0 aromatic heterocycles. The summed E-state index contributed by atoms with van der Waals surface area (Å²) in [4.78, 5) is -1.48. The second-order valence-corrected chi connectivity index (χ2v) is 2.98. The highest BCUT2D eigenvalue weighted by molar-refractivity contribution is 9.09. The molecule has 0 radical (unpaired) electrons. The van der Waals surface area contributed by atoms with E-state index in [9.17, 15) is 13.2 Å². The summed E-state index contributed by atoms with van der Waals surface area (Å²) < 4.78 is 34.9. The maximum absolute atomic E-state index is 11.6. The van der Waals surface area contributed by atoms with Crippen LogP contribution in [0.2, 0.25) is 0 Å². The molecule has 62 valence electrons. The van der Waals surface area contributed by atoms with Crippen molar-refractivity contribution in [2.45, 2.75) is 23.8 Å². The van der Waals surface area contributed by atoms with Gasteiger partial charge in [0.05, 0.1) is 0 Å². The molecule has 10 heavy (non-hydrogen) atoms. The zero-order valence-corrected chi connectivity index (χ0v) is 6.74. The number of alkyl halides is 4. The predicted octanol–water partition coefficient (Wildman–Crippen LogP) is 2.08. The largest absolute Gasteiger partial charge is 0.401 e. The fourth-order valence-corrected chi connectivity index (χ4v) is 0.758. The maximum atomic E-state index is 11.6. The first-order valence-electron chi connectivity index (χ1n) is 2.80. The lowest BCUT2D eigenvalue weighted by Gasteiger charge is -2.12. The molecule has 0 spiro atoms. The van der Waals surface area contributed by atoms with Gasteiger partial charge in [0.15, 0.2) is 0 Å². The van der Waals surface area contributed by atoms with Gasteiger partial charge in [-0.05, 0) is 12.8 Å². The van der Waals surface area contributed by atoms with Crippen LogP contribution < -0.4 is 0 Å². The highest BCUT2D eigenvalue weighted by Crippen LogP contribution is 2.29. The summed E-state index contributed by atoms with van der Waals surface area (Å²) in [5.41, 5.74) is 0. The zero-order chi connectivity index (χ0) is 8.20. The van der Waals surface area contributed by atoms with Gasteiger partial charge in [-0.25, -0.2) is 0 Å². The second-order valence-electron chi connectivity index (χ2n) is 1.87. The lowest BCUT2D eigenvalue weighted by atomic mass is 10.2. The van der Waals surface area contributed by atoms with Crippen LogP contribution in [0.25, 0.3) is 0 Å². The van der Waals surface area contributed by atoms with Crippen LogP contribution in [0, 0.1) is 0 Å². The van der Waals surface area contributed by atoms with Gasteiger partial charge in [0.1, 0.15) is 4.83 Å². The molecule has 1 unspecified atom stereocenters. The summed E-state index contributed by atoms with van der Waals surface area (Å²) in [5.74, 6) is 0. The molecule has 1 N–H and O–H groups in total. The third-order valence-electron chi connectivity index (χ3n) is 0.971. The number of halogens is 4. The fraction of sp³-hybridized carbons (Fsp3) is 1.00. The summed E-state index contributed by atoms with van der Waals surface area (Å²) in [5, 5.41) is 8.19. The van der Waals surface area contributed by atoms with Crippen molar-refractivity contribution in [3.63, 3.8) is 0 Å². The van der Waals surface area contributed by atoms with E-state index >= 15 is 0 Å². The second kappa shape index (κ2) is 4.18. The minimum Gasteiger partial charge on any atom is -0.396 e. The van der Waals surface area contributed by atoms with Gasteiger partial charge in [0, 0.05) is 6.61 Å². The quantitative estimate of drug-likeness (QED) is 0.723. The molecule has 0 aromatic carbocycles. The lowest BCUT2D eigenvalue weighted by Crippen LogP contribution is -2.22. The summed E-state index contributed by atoms with van der Waals surface area (Å²) in [6.07, 6.45) is -4.08. The van der Waals surface area contributed by atoms with E-state index in [1.807, 2.05) is 0 Å². The molecule has 0 saturated carbocycles. The van der Waals surface area contributed by atoms with E-state index in [2.05, 4.69) is 15.9 Å². The van der Waals surface area contributed by atoms with Gasteiger partial charge in [0.2, 0.25) is 0 Å². The molecule has 0 fully saturated rings. The molecule has 5 heteroatoms. The SMILES string of the molecule is OCCCC(Br)C(F)(F)F. The Morgan fingerprint density at radius 3 is 2.20 bits per heavy atom. The van der Waals surface area contributed by atoms with Crippen LogP contribution in [0.5, 0.6) is 0 Å². The fourth-order valence-electron chi connectivity index (χ4n) is 0.434. The molecule has 0 aliphatic heterocycles. The van der Waals surface area contributed by atoms with Crippen molar-refractivity contribution in [3.8, 4) is 0 Å². The van der Waals surface area contributed by atoms with Crippen LogP contribution in [-0.4, -0.2) is 22.7 Å². The number of aliphatic hydroxyl groups excluding tert-OH is 1. The maximum Gasteiger partial charge on any atom is 0.401 e. The molecule has 0 aromatic rings. The average molecular weight is 221 g/mol. The van der Waals surface area contributed by atoms with Gasteiger partial charge in [0.25, 0.3) is 0 Å². The number of aliphatic hydroxyl groups is 1. The molecule has 0 bridgehead atoms. The van der Waals surface area contributed by atoms with Gasteiger partial charge < -0.3 is 5.11 Å². The number of hydrogen-bond acceptors (Lipinski definition) is 1. The molecule has 1 atom stereocenters. The van der Waals surface area contributed by atoms with E-state index in [0.717, 1.165) is 0 Å². The topological polar surface area (TPSA) is 20.2 Å². The van der Waals surface area contributed by atoms with Gasteiger partial charge in [-0.1, -0.05) is 15.9 Å². The van der Waals surface area contributed by atoms with Crippen LogP contribution in [-0.2, 0) is 0 Å². The summed E-state index contributed by atoms with van der Waals surface area (Å²) in [7, 11) is 0. The van der Waals surface area contributed by atoms with Crippen LogP contribution in [0.4, 0.5) is 13.2 Å². The Bertz CT molecular complexity index is 93.4. The summed E-state index contributed by atoms with van der Waals surface area (Å²) >= 11 is 2.46. The summed E-state index contributed by atoms with van der Waals surface area (Å²) in [6.45, 7) is -0.196. The lowest BCUT2D eigenvalue weighted by molar-refractivity contribution is -0.128. The summed E-state index contributed by atoms with van der Waals surface area (Å²) in [6, 6.07) is 0. The Labute approximate surface area is 65.4 Å². The van der Waals surface area contributed by atoms with E-state index in [1.54, 1.807) is 0 Å². The van der Waals surface area contributed by atoms with Crippen molar-refractivity contribution in [2.75, 3.05) is 6.61 Å².